The molecular formula is C26H33N3O3. The Hall–Kier alpha value is -2.83. The van der Waals surface area contributed by atoms with Gasteiger partial charge in [0.1, 0.15) is 0 Å². The first kappa shape index (κ1) is 22.4. The number of nitrogens with zero attached hydrogens (tertiary/aromatic N) is 3. The van der Waals surface area contributed by atoms with Crippen molar-refractivity contribution in [2.24, 2.45) is 0 Å². The molecule has 1 saturated carbocycles. The lowest BCUT2D eigenvalue weighted by atomic mass is 10.1. The number of hydrogen-bond acceptors (Lipinski definition) is 5. The summed E-state index contributed by atoms with van der Waals surface area (Å²) in [5.74, 6) is 2.04. The largest absolute Gasteiger partial charge is 0.493 e. The minimum absolute atomic E-state index is 0.330. The molecule has 0 saturated heterocycles. The Balaban J connectivity index is 1.78. The van der Waals surface area contributed by atoms with E-state index in [-0.39, 0.29) is 6.10 Å². The van der Waals surface area contributed by atoms with E-state index in [2.05, 4.69) is 11.8 Å². The van der Waals surface area contributed by atoms with Crippen LogP contribution >= 0.6 is 0 Å². The van der Waals surface area contributed by atoms with Gasteiger partial charge in [0, 0.05) is 19.1 Å². The minimum Gasteiger partial charge on any atom is -0.493 e. The first-order valence-electron chi connectivity index (χ1n) is 11.5. The predicted octanol–water partition coefficient (Wildman–Crippen LogP) is 4.97. The number of rotatable bonds is 11. The summed E-state index contributed by atoms with van der Waals surface area (Å²) in [7, 11) is 1.65. The third-order valence-electron chi connectivity index (χ3n) is 5.97. The predicted molar refractivity (Wildman–Crippen MR) is 126 cm³/mol. The van der Waals surface area contributed by atoms with Crippen LogP contribution in [0.4, 0.5) is 0 Å². The van der Waals surface area contributed by atoms with Crippen LogP contribution in [0.2, 0.25) is 0 Å². The van der Waals surface area contributed by atoms with Gasteiger partial charge in [-0.3, -0.25) is 4.90 Å². The third-order valence-corrected chi connectivity index (χ3v) is 5.97. The fourth-order valence-corrected chi connectivity index (χ4v) is 3.96. The van der Waals surface area contributed by atoms with Crippen LogP contribution in [-0.4, -0.2) is 45.6 Å². The zero-order chi connectivity index (χ0) is 22.5. The Bertz CT molecular complexity index is 1010. The molecule has 0 amide bonds. The molecule has 0 unspecified atom stereocenters. The number of aliphatic hydroxyl groups excluding tert-OH is 1. The van der Waals surface area contributed by atoms with E-state index in [4.69, 9.17) is 14.6 Å². The zero-order valence-electron chi connectivity index (χ0n) is 19.2. The van der Waals surface area contributed by atoms with Crippen LogP contribution in [0.1, 0.15) is 44.4 Å². The lowest BCUT2D eigenvalue weighted by molar-refractivity contribution is 0.100. The molecule has 3 aromatic rings. The van der Waals surface area contributed by atoms with Crippen LogP contribution < -0.4 is 9.47 Å². The first-order valence-corrected chi connectivity index (χ1v) is 11.5. The van der Waals surface area contributed by atoms with Crippen LogP contribution in [0, 0.1) is 0 Å². The first-order chi connectivity index (χ1) is 15.6. The highest BCUT2D eigenvalue weighted by atomic mass is 16.5. The molecule has 6 heteroatoms. The van der Waals surface area contributed by atoms with E-state index in [0.29, 0.717) is 36.5 Å². The summed E-state index contributed by atoms with van der Waals surface area (Å²) < 4.78 is 13.9. The molecule has 4 rings (SSSR count). The molecule has 1 N–H and O–H groups in total. The van der Waals surface area contributed by atoms with Crippen LogP contribution in [0.15, 0.2) is 54.6 Å². The van der Waals surface area contributed by atoms with Crippen LogP contribution in [0.25, 0.3) is 5.69 Å². The summed E-state index contributed by atoms with van der Waals surface area (Å²) in [6.07, 6.45) is 3.56. The average molecular weight is 436 g/mol. The molecule has 170 valence electrons. The van der Waals surface area contributed by atoms with Gasteiger partial charge in [0.15, 0.2) is 11.5 Å². The Kier molecular flexibility index (Phi) is 7.12. The van der Waals surface area contributed by atoms with Gasteiger partial charge in [0.2, 0.25) is 5.88 Å². The number of hydrogen-bond donors (Lipinski definition) is 1. The molecule has 1 heterocycles. The molecular weight excluding hydrogens is 402 g/mol. The van der Waals surface area contributed by atoms with E-state index in [1.807, 2.05) is 66.2 Å². The Morgan fingerprint density at radius 1 is 1.06 bits per heavy atom. The molecule has 1 aliphatic carbocycles. The number of methoxy groups -OCH3 is 1. The number of para-hydroxylation sites is 3. The van der Waals surface area contributed by atoms with Gasteiger partial charge in [-0.2, -0.15) is 5.10 Å². The maximum atomic E-state index is 10.4. The summed E-state index contributed by atoms with van der Waals surface area (Å²) in [6, 6.07) is 18.3. The molecule has 6 nitrogen and oxygen atoms in total. The van der Waals surface area contributed by atoms with Crippen LogP contribution in [0.3, 0.4) is 0 Å². The van der Waals surface area contributed by atoms with Gasteiger partial charge in [-0.1, -0.05) is 44.2 Å². The lowest BCUT2D eigenvalue weighted by Crippen LogP contribution is -2.33. The fourth-order valence-electron chi connectivity index (χ4n) is 3.96. The number of aliphatic hydroxyl groups is 1. The normalized spacial score (nSPS) is 14.5. The molecule has 2 aromatic carbocycles. The van der Waals surface area contributed by atoms with Crippen LogP contribution in [0.5, 0.6) is 17.4 Å². The quantitative estimate of drug-likeness (QED) is 0.461. The molecule has 1 aromatic heterocycles. The Morgan fingerprint density at radius 3 is 2.38 bits per heavy atom. The number of aryl methyl sites for hydroxylation is 1. The summed E-state index contributed by atoms with van der Waals surface area (Å²) in [6.45, 7) is 5.50. The zero-order valence-corrected chi connectivity index (χ0v) is 19.2. The van der Waals surface area contributed by atoms with E-state index in [1.165, 1.54) is 12.8 Å². The fraction of sp³-hybridized carbons (Fsp3) is 0.423. The van der Waals surface area contributed by atoms with Crippen LogP contribution in [-0.2, 0) is 13.0 Å². The molecule has 0 bridgehead atoms. The van der Waals surface area contributed by atoms with E-state index < -0.39 is 0 Å². The molecule has 0 radical (unpaired) electrons. The van der Waals surface area contributed by atoms with Gasteiger partial charge in [0.25, 0.3) is 0 Å². The van der Waals surface area contributed by atoms with Gasteiger partial charge < -0.3 is 14.6 Å². The maximum absolute atomic E-state index is 10.4. The second kappa shape index (κ2) is 10.2. The van der Waals surface area contributed by atoms with E-state index in [1.54, 1.807) is 7.11 Å². The highest BCUT2D eigenvalue weighted by Crippen LogP contribution is 2.38. The summed E-state index contributed by atoms with van der Waals surface area (Å²) in [5, 5.41) is 15.3. The van der Waals surface area contributed by atoms with Gasteiger partial charge in [-0.05, 0) is 49.9 Å². The molecule has 1 fully saturated rings. The van der Waals surface area contributed by atoms with Crippen molar-refractivity contribution in [1.29, 1.82) is 0 Å². The van der Waals surface area contributed by atoms with Gasteiger partial charge >= 0.3 is 0 Å². The van der Waals surface area contributed by atoms with Crippen molar-refractivity contribution >= 4 is 0 Å². The Morgan fingerprint density at radius 2 is 1.75 bits per heavy atom. The second-order valence-electron chi connectivity index (χ2n) is 8.31. The summed E-state index contributed by atoms with van der Waals surface area (Å²) >= 11 is 0. The minimum atomic E-state index is -0.330. The van der Waals surface area contributed by atoms with Crippen molar-refractivity contribution in [2.75, 3.05) is 13.7 Å². The van der Waals surface area contributed by atoms with Crippen molar-refractivity contribution in [1.82, 2.24) is 14.7 Å². The van der Waals surface area contributed by atoms with Crippen molar-refractivity contribution in [3.8, 4) is 23.1 Å². The summed E-state index contributed by atoms with van der Waals surface area (Å²) in [5.41, 5.74) is 3.03. The smallest absolute Gasteiger partial charge is 0.227 e. The van der Waals surface area contributed by atoms with Gasteiger partial charge in [0.05, 0.1) is 30.2 Å². The maximum Gasteiger partial charge on any atom is 0.227 e. The second-order valence-corrected chi connectivity index (χ2v) is 8.31. The van der Waals surface area contributed by atoms with Crippen molar-refractivity contribution in [2.45, 2.75) is 58.2 Å². The molecule has 1 aliphatic rings. The van der Waals surface area contributed by atoms with E-state index in [9.17, 15) is 5.11 Å². The van der Waals surface area contributed by atoms with Crippen molar-refractivity contribution < 1.29 is 14.6 Å². The summed E-state index contributed by atoms with van der Waals surface area (Å²) in [4.78, 5) is 2.38. The molecule has 32 heavy (non-hydrogen) atoms. The Labute approximate surface area is 190 Å². The molecule has 1 atom stereocenters. The van der Waals surface area contributed by atoms with E-state index >= 15 is 0 Å². The standard InChI is InChI=1S/C26H33N3O3/c1-4-21(30)17-28(19-15-16-19)18-22-23(5-2)27-29(20-11-7-6-8-12-20)26(22)32-25-14-10-9-13-24(25)31-3/h6-14,19,21,30H,4-5,15-18H2,1-3H3/t21-/m1/s1. The monoisotopic (exact) mass is 435 g/mol. The number of benzene rings is 2. The van der Waals surface area contributed by atoms with Crippen molar-refractivity contribution in [3.63, 3.8) is 0 Å². The average Bonchev–Trinajstić information content (AvgIpc) is 3.63. The molecule has 0 spiro atoms. The highest BCUT2D eigenvalue weighted by molar-refractivity contribution is 5.47. The van der Waals surface area contributed by atoms with Crippen molar-refractivity contribution in [3.05, 3.63) is 65.9 Å². The lowest BCUT2D eigenvalue weighted by Gasteiger charge is -2.25. The number of ether oxygens (including phenoxy) is 2. The van der Waals surface area contributed by atoms with Gasteiger partial charge in [-0.15, -0.1) is 0 Å². The molecule has 0 aliphatic heterocycles. The number of aromatic nitrogens is 2. The third kappa shape index (κ3) is 4.97. The SMILES string of the molecule is CCc1nn(-c2ccccc2)c(Oc2ccccc2OC)c1CN(C[C@H](O)CC)C1CC1. The topological polar surface area (TPSA) is 59.8 Å². The van der Waals surface area contributed by atoms with E-state index in [0.717, 1.165) is 29.8 Å². The van der Waals surface area contributed by atoms with Gasteiger partial charge in [-0.25, -0.2) is 4.68 Å². The highest BCUT2D eigenvalue weighted by Gasteiger charge is 2.32.